The third-order valence-corrected chi connectivity index (χ3v) is 3.94. The molecule has 0 atom stereocenters. The predicted molar refractivity (Wildman–Crippen MR) is 78.3 cm³/mol. The molecule has 0 aliphatic carbocycles. The van der Waals surface area contributed by atoms with Crippen LogP contribution in [0.2, 0.25) is 0 Å². The first-order chi connectivity index (χ1) is 9.86. The molecule has 0 amide bonds. The highest BCUT2D eigenvalue weighted by molar-refractivity contribution is 5.44. The molecule has 6 nitrogen and oxygen atoms in total. The molecule has 2 fully saturated rings. The van der Waals surface area contributed by atoms with Crippen LogP contribution in [0, 0.1) is 0 Å². The number of nitrogens with one attached hydrogen (secondary N) is 1. The topological polar surface area (TPSA) is 53.5 Å². The Labute approximate surface area is 120 Å². The van der Waals surface area contributed by atoms with E-state index < -0.39 is 0 Å². The average Bonchev–Trinajstić information content (AvgIpc) is 2.45. The Balaban J connectivity index is 1.53. The molecule has 0 aromatic carbocycles. The lowest BCUT2D eigenvalue weighted by Crippen LogP contribution is -2.63. The molecule has 6 heteroatoms. The highest BCUT2D eigenvalue weighted by Crippen LogP contribution is 2.24. The second-order valence-electron chi connectivity index (χ2n) is 5.41. The van der Waals surface area contributed by atoms with Gasteiger partial charge in [0, 0.05) is 51.4 Å². The number of hydrogen-bond acceptors (Lipinski definition) is 6. The van der Waals surface area contributed by atoms with Crippen molar-refractivity contribution >= 4 is 5.82 Å². The van der Waals surface area contributed by atoms with Gasteiger partial charge in [-0.05, 0) is 6.42 Å². The van der Waals surface area contributed by atoms with Gasteiger partial charge < -0.3 is 15.0 Å². The second kappa shape index (κ2) is 6.37. The monoisotopic (exact) mass is 277 g/mol. The van der Waals surface area contributed by atoms with E-state index in [2.05, 4.69) is 32.0 Å². The van der Waals surface area contributed by atoms with Gasteiger partial charge in [-0.25, -0.2) is 9.97 Å². The Morgan fingerprint density at radius 1 is 1.30 bits per heavy atom. The van der Waals surface area contributed by atoms with Gasteiger partial charge in [-0.2, -0.15) is 0 Å². The predicted octanol–water partition coefficient (Wildman–Crippen LogP) is 0.359. The van der Waals surface area contributed by atoms with Gasteiger partial charge in [-0.1, -0.05) is 6.92 Å². The van der Waals surface area contributed by atoms with Crippen LogP contribution in [0.25, 0.3) is 0 Å². The van der Waals surface area contributed by atoms with E-state index in [0.29, 0.717) is 18.5 Å². The molecule has 0 unspecified atom stereocenters. The Hall–Kier alpha value is -1.40. The van der Waals surface area contributed by atoms with Gasteiger partial charge in [0.25, 0.3) is 0 Å². The number of anilines is 1. The number of ether oxygens (including phenoxy) is 1. The van der Waals surface area contributed by atoms with Crippen LogP contribution >= 0.6 is 0 Å². The zero-order chi connectivity index (χ0) is 13.8. The van der Waals surface area contributed by atoms with E-state index in [1.807, 2.05) is 6.07 Å². The van der Waals surface area contributed by atoms with E-state index in [1.165, 1.54) is 0 Å². The lowest BCUT2D eigenvalue weighted by atomic mass is 10.1. The van der Waals surface area contributed by atoms with Crippen molar-refractivity contribution < 1.29 is 4.74 Å². The van der Waals surface area contributed by atoms with Crippen molar-refractivity contribution in [2.75, 3.05) is 50.8 Å². The quantitative estimate of drug-likeness (QED) is 0.839. The smallest absolute Gasteiger partial charge is 0.218 e. The molecule has 2 aliphatic heterocycles. The molecule has 1 N–H and O–H groups in total. The van der Waals surface area contributed by atoms with E-state index in [4.69, 9.17) is 4.74 Å². The van der Waals surface area contributed by atoms with Crippen molar-refractivity contribution in [3.05, 3.63) is 12.4 Å². The number of rotatable bonds is 5. The Morgan fingerprint density at radius 3 is 2.85 bits per heavy atom. The van der Waals surface area contributed by atoms with Crippen LogP contribution in [0.1, 0.15) is 13.3 Å². The lowest BCUT2D eigenvalue weighted by Gasteiger charge is -2.47. The molecule has 110 valence electrons. The SMILES string of the molecule is CCCOc1cc(N2CC(N3CCNCC3)C2)ncn1. The fourth-order valence-corrected chi connectivity index (χ4v) is 2.71. The molecular weight excluding hydrogens is 254 g/mol. The average molecular weight is 277 g/mol. The van der Waals surface area contributed by atoms with Crippen molar-refractivity contribution in [1.82, 2.24) is 20.2 Å². The van der Waals surface area contributed by atoms with E-state index in [-0.39, 0.29) is 0 Å². The van der Waals surface area contributed by atoms with Gasteiger partial charge in [-0.3, -0.25) is 4.90 Å². The van der Waals surface area contributed by atoms with Crippen molar-refractivity contribution in [3.63, 3.8) is 0 Å². The summed E-state index contributed by atoms with van der Waals surface area (Å²) in [4.78, 5) is 13.4. The Bertz CT molecular complexity index is 429. The number of nitrogens with zero attached hydrogens (tertiary/aromatic N) is 4. The molecule has 1 aromatic rings. The van der Waals surface area contributed by atoms with Crippen molar-refractivity contribution in [2.45, 2.75) is 19.4 Å². The summed E-state index contributed by atoms with van der Waals surface area (Å²) in [6.45, 7) is 9.46. The largest absolute Gasteiger partial charge is 0.478 e. The second-order valence-corrected chi connectivity index (χ2v) is 5.41. The molecule has 1 aromatic heterocycles. The number of aromatic nitrogens is 2. The molecule has 20 heavy (non-hydrogen) atoms. The molecule has 2 aliphatic rings. The first kappa shape index (κ1) is 13.6. The fraction of sp³-hybridized carbons (Fsp3) is 0.714. The zero-order valence-corrected chi connectivity index (χ0v) is 12.1. The van der Waals surface area contributed by atoms with Gasteiger partial charge in [0.2, 0.25) is 5.88 Å². The number of hydrogen-bond donors (Lipinski definition) is 1. The van der Waals surface area contributed by atoms with Gasteiger partial charge in [0.05, 0.1) is 6.61 Å². The third kappa shape index (κ3) is 3.02. The Kier molecular flexibility index (Phi) is 4.32. The van der Waals surface area contributed by atoms with Gasteiger partial charge in [-0.15, -0.1) is 0 Å². The van der Waals surface area contributed by atoms with Crippen molar-refractivity contribution in [1.29, 1.82) is 0 Å². The maximum absolute atomic E-state index is 5.56. The van der Waals surface area contributed by atoms with Crippen LogP contribution in [0.4, 0.5) is 5.82 Å². The zero-order valence-electron chi connectivity index (χ0n) is 12.1. The van der Waals surface area contributed by atoms with E-state index in [1.54, 1.807) is 6.33 Å². The molecule has 3 heterocycles. The van der Waals surface area contributed by atoms with Crippen molar-refractivity contribution in [2.24, 2.45) is 0 Å². The molecule has 3 rings (SSSR count). The van der Waals surface area contributed by atoms with Crippen LogP contribution in [0.5, 0.6) is 5.88 Å². The van der Waals surface area contributed by atoms with Gasteiger partial charge >= 0.3 is 0 Å². The highest BCUT2D eigenvalue weighted by atomic mass is 16.5. The first-order valence-electron chi connectivity index (χ1n) is 7.51. The van der Waals surface area contributed by atoms with Gasteiger partial charge in [0.15, 0.2) is 0 Å². The standard InChI is InChI=1S/C14H23N5O/c1-2-7-20-14-8-13(16-11-17-14)19-9-12(10-19)18-5-3-15-4-6-18/h8,11-12,15H,2-7,9-10H2,1H3. The minimum absolute atomic E-state index is 0.673. The van der Waals surface area contributed by atoms with Crippen molar-refractivity contribution in [3.8, 4) is 5.88 Å². The molecule has 0 spiro atoms. The summed E-state index contributed by atoms with van der Waals surface area (Å²) in [5.74, 6) is 1.67. The van der Waals surface area contributed by atoms with Crippen LogP contribution in [-0.2, 0) is 0 Å². The summed E-state index contributed by atoms with van der Waals surface area (Å²) >= 11 is 0. The molecule has 0 radical (unpaired) electrons. The van der Waals surface area contributed by atoms with Crippen LogP contribution in [-0.4, -0.2) is 66.8 Å². The molecule has 0 bridgehead atoms. The molecule has 2 saturated heterocycles. The molecular formula is C14H23N5O. The molecule has 0 saturated carbocycles. The van der Waals surface area contributed by atoms with E-state index >= 15 is 0 Å². The number of piperazine rings is 1. The minimum Gasteiger partial charge on any atom is -0.478 e. The van der Waals surface area contributed by atoms with Crippen LogP contribution in [0.15, 0.2) is 12.4 Å². The highest BCUT2D eigenvalue weighted by Gasteiger charge is 2.33. The summed E-state index contributed by atoms with van der Waals surface area (Å²) in [7, 11) is 0. The normalized spacial score (nSPS) is 20.8. The maximum Gasteiger partial charge on any atom is 0.218 e. The summed E-state index contributed by atoms with van der Waals surface area (Å²) in [5, 5.41) is 3.40. The summed E-state index contributed by atoms with van der Waals surface area (Å²) in [6, 6.07) is 2.62. The van der Waals surface area contributed by atoms with E-state index in [0.717, 1.165) is 51.5 Å². The first-order valence-corrected chi connectivity index (χ1v) is 7.51. The summed E-state index contributed by atoms with van der Waals surface area (Å²) in [6.07, 6.45) is 2.59. The minimum atomic E-state index is 0.673. The third-order valence-electron chi connectivity index (χ3n) is 3.94. The summed E-state index contributed by atoms with van der Waals surface area (Å²) < 4.78 is 5.56. The maximum atomic E-state index is 5.56. The van der Waals surface area contributed by atoms with Crippen LogP contribution < -0.4 is 15.0 Å². The van der Waals surface area contributed by atoms with Crippen LogP contribution in [0.3, 0.4) is 0 Å². The Morgan fingerprint density at radius 2 is 2.10 bits per heavy atom. The summed E-state index contributed by atoms with van der Waals surface area (Å²) in [5.41, 5.74) is 0. The fourth-order valence-electron chi connectivity index (χ4n) is 2.71. The lowest BCUT2D eigenvalue weighted by molar-refractivity contribution is 0.147. The van der Waals surface area contributed by atoms with Gasteiger partial charge in [0.1, 0.15) is 12.1 Å². The van der Waals surface area contributed by atoms with E-state index in [9.17, 15) is 0 Å².